The third kappa shape index (κ3) is 2.99. The van der Waals surface area contributed by atoms with Gasteiger partial charge in [-0.25, -0.2) is 9.37 Å². The first kappa shape index (κ1) is 13.3. The molecule has 0 unspecified atom stereocenters. The maximum Gasteiger partial charge on any atom is 0.266 e. The van der Waals surface area contributed by atoms with Crippen molar-refractivity contribution in [2.24, 2.45) is 0 Å². The minimum Gasteiger partial charge on any atom is -0.365 e. The van der Waals surface area contributed by atoms with E-state index in [2.05, 4.69) is 15.3 Å². The van der Waals surface area contributed by atoms with Gasteiger partial charge < -0.3 is 10.3 Å². The molecule has 2 rings (SSSR count). The predicted octanol–water partition coefficient (Wildman–Crippen LogP) is 2.78. The van der Waals surface area contributed by atoms with E-state index in [4.69, 9.17) is 11.6 Å². The standard InChI is InChI=1S/C11H8ClFIN3O/c12-7-3-6(1-2-8(7)13)4-15-10-9(14)11(18)17-5-16-10/h1-3,5H,4H2,(H2,15,16,17,18). The molecule has 1 heterocycles. The monoisotopic (exact) mass is 379 g/mol. The van der Waals surface area contributed by atoms with Crippen LogP contribution < -0.4 is 10.9 Å². The minimum absolute atomic E-state index is 0.0721. The molecular formula is C11H8ClFIN3O. The summed E-state index contributed by atoms with van der Waals surface area (Å²) >= 11 is 7.58. The van der Waals surface area contributed by atoms with Gasteiger partial charge in [-0.2, -0.15) is 0 Å². The summed E-state index contributed by atoms with van der Waals surface area (Å²) in [5.41, 5.74) is 0.601. The molecule has 2 aromatic rings. The molecular weight excluding hydrogens is 371 g/mol. The lowest BCUT2D eigenvalue weighted by atomic mass is 10.2. The van der Waals surface area contributed by atoms with Crippen molar-refractivity contribution in [2.75, 3.05) is 5.32 Å². The van der Waals surface area contributed by atoms with Crippen LogP contribution in [0.1, 0.15) is 5.56 Å². The van der Waals surface area contributed by atoms with Gasteiger partial charge in [0.15, 0.2) is 0 Å². The van der Waals surface area contributed by atoms with E-state index >= 15 is 0 Å². The highest BCUT2D eigenvalue weighted by molar-refractivity contribution is 14.1. The molecule has 0 amide bonds. The molecule has 0 fully saturated rings. The Morgan fingerprint density at radius 3 is 3.00 bits per heavy atom. The number of H-pyrrole nitrogens is 1. The summed E-state index contributed by atoms with van der Waals surface area (Å²) in [7, 11) is 0. The van der Waals surface area contributed by atoms with Crippen LogP contribution in [0.25, 0.3) is 0 Å². The first-order chi connectivity index (χ1) is 8.58. The van der Waals surface area contributed by atoms with Crippen LogP contribution in [0.15, 0.2) is 29.3 Å². The number of hydrogen-bond donors (Lipinski definition) is 2. The number of aromatic amines is 1. The summed E-state index contributed by atoms with van der Waals surface area (Å²) in [4.78, 5) is 17.8. The van der Waals surface area contributed by atoms with E-state index in [9.17, 15) is 9.18 Å². The molecule has 0 aliphatic rings. The fourth-order valence-electron chi connectivity index (χ4n) is 1.34. The first-order valence-corrected chi connectivity index (χ1v) is 6.44. The van der Waals surface area contributed by atoms with Gasteiger partial charge in [0.25, 0.3) is 5.56 Å². The van der Waals surface area contributed by atoms with Gasteiger partial charge in [-0.15, -0.1) is 0 Å². The number of nitrogens with zero attached hydrogens (tertiary/aromatic N) is 1. The fraction of sp³-hybridized carbons (Fsp3) is 0.0909. The third-order valence-electron chi connectivity index (χ3n) is 2.24. The summed E-state index contributed by atoms with van der Waals surface area (Å²) in [6.45, 7) is 0.409. The number of hydrogen-bond acceptors (Lipinski definition) is 3. The second-order valence-corrected chi connectivity index (χ2v) is 4.98. The highest BCUT2D eigenvalue weighted by atomic mass is 127. The first-order valence-electron chi connectivity index (χ1n) is 4.99. The smallest absolute Gasteiger partial charge is 0.266 e. The Morgan fingerprint density at radius 2 is 2.28 bits per heavy atom. The van der Waals surface area contributed by atoms with Crippen LogP contribution >= 0.6 is 34.2 Å². The molecule has 18 heavy (non-hydrogen) atoms. The van der Waals surface area contributed by atoms with E-state index in [-0.39, 0.29) is 10.6 Å². The van der Waals surface area contributed by atoms with Gasteiger partial charge in [-0.05, 0) is 40.3 Å². The zero-order valence-electron chi connectivity index (χ0n) is 9.01. The topological polar surface area (TPSA) is 57.8 Å². The van der Waals surface area contributed by atoms with Gasteiger partial charge in [0.1, 0.15) is 15.2 Å². The molecule has 0 saturated heterocycles. The maximum atomic E-state index is 13.0. The van der Waals surface area contributed by atoms with Crippen LogP contribution in [0.4, 0.5) is 10.2 Å². The number of benzene rings is 1. The van der Waals surface area contributed by atoms with Crippen LogP contribution in [-0.2, 0) is 6.54 Å². The maximum absolute atomic E-state index is 13.0. The van der Waals surface area contributed by atoms with Crippen molar-refractivity contribution in [3.05, 3.63) is 54.9 Å². The van der Waals surface area contributed by atoms with Gasteiger partial charge in [0.05, 0.1) is 11.3 Å². The second-order valence-electron chi connectivity index (χ2n) is 3.50. The SMILES string of the molecule is O=c1[nH]cnc(NCc2ccc(F)c(Cl)c2)c1I. The number of anilines is 1. The van der Waals surface area contributed by atoms with Gasteiger partial charge in [-0.3, -0.25) is 4.79 Å². The Labute approximate surface area is 121 Å². The Kier molecular flexibility index (Phi) is 4.18. The third-order valence-corrected chi connectivity index (χ3v) is 3.53. The Balaban J connectivity index is 2.14. The highest BCUT2D eigenvalue weighted by Gasteiger charge is 2.05. The van der Waals surface area contributed by atoms with Crippen molar-refractivity contribution < 1.29 is 4.39 Å². The number of aromatic nitrogens is 2. The Morgan fingerprint density at radius 1 is 1.50 bits per heavy atom. The molecule has 0 aliphatic heterocycles. The van der Waals surface area contributed by atoms with Crippen LogP contribution in [0.5, 0.6) is 0 Å². The molecule has 0 aliphatic carbocycles. The molecule has 0 atom stereocenters. The van der Waals surface area contributed by atoms with Gasteiger partial charge >= 0.3 is 0 Å². The molecule has 0 spiro atoms. The van der Waals surface area contributed by atoms with E-state index in [0.29, 0.717) is 15.9 Å². The van der Waals surface area contributed by atoms with Crippen molar-refractivity contribution in [1.82, 2.24) is 9.97 Å². The summed E-state index contributed by atoms with van der Waals surface area (Å²) in [6, 6.07) is 4.45. The van der Waals surface area contributed by atoms with Crippen LogP contribution in [0.2, 0.25) is 5.02 Å². The average Bonchev–Trinajstić information content (AvgIpc) is 2.35. The van der Waals surface area contributed by atoms with E-state index in [1.54, 1.807) is 6.07 Å². The lowest BCUT2D eigenvalue weighted by Crippen LogP contribution is -2.14. The van der Waals surface area contributed by atoms with E-state index < -0.39 is 5.82 Å². The van der Waals surface area contributed by atoms with Crippen LogP contribution in [-0.4, -0.2) is 9.97 Å². The zero-order chi connectivity index (χ0) is 13.1. The van der Waals surface area contributed by atoms with Gasteiger partial charge in [-0.1, -0.05) is 17.7 Å². The number of rotatable bonds is 3. The largest absolute Gasteiger partial charge is 0.365 e. The molecule has 0 saturated carbocycles. The summed E-state index contributed by atoms with van der Waals surface area (Å²) in [5.74, 6) is 0.0316. The van der Waals surface area contributed by atoms with Crippen molar-refractivity contribution in [3.8, 4) is 0 Å². The number of halogens is 3. The van der Waals surface area contributed by atoms with Crippen molar-refractivity contribution >= 4 is 40.0 Å². The summed E-state index contributed by atoms with van der Waals surface area (Å²) < 4.78 is 13.4. The quantitative estimate of drug-likeness (QED) is 0.807. The Bertz CT molecular complexity index is 632. The summed E-state index contributed by atoms with van der Waals surface area (Å²) in [5, 5.41) is 3.07. The van der Waals surface area contributed by atoms with Gasteiger partial charge in [0.2, 0.25) is 0 Å². The summed E-state index contributed by atoms with van der Waals surface area (Å²) in [6.07, 6.45) is 1.32. The van der Waals surface area contributed by atoms with E-state index in [1.807, 2.05) is 22.6 Å². The van der Waals surface area contributed by atoms with Crippen LogP contribution in [0, 0.1) is 9.39 Å². The lowest BCUT2D eigenvalue weighted by Gasteiger charge is -2.07. The van der Waals surface area contributed by atoms with Gasteiger partial charge in [0, 0.05) is 6.54 Å². The van der Waals surface area contributed by atoms with E-state index in [0.717, 1.165) is 5.56 Å². The normalized spacial score (nSPS) is 10.4. The molecule has 1 aromatic heterocycles. The molecule has 2 N–H and O–H groups in total. The van der Waals surface area contributed by atoms with Crippen molar-refractivity contribution in [2.45, 2.75) is 6.54 Å². The van der Waals surface area contributed by atoms with Crippen molar-refractivity contribution in [3.63, 3.8) is 0 Å². The molecule has 0 radical (unpaired) electrons. The second kappa shape index (κ2) is 5.66. The fourth-order valence-corrected chi connectivity index (χ4v) is 2.03. The predicted molar refractivity (Wildman–Crippen MR) is 76.3 cm³/mol. The number of nitrogens with one attached hydrogen (secondary N) is 2. The minimum atomic E-state index is -0.454. The molecule has 1 aromatic carbocycles. The Hall–Kier alpha value is -1.15. The molecule has 0 bridgehead atoms. The van der Waals surface area contributed by atoms with Crippen molar-refractivity contribution in [1.29, 1.82) is 0 Å². The molecule has 7 heteroatoms. The molecule has 94 valence electrons. The van der Waals surface area contributed by atoms with Crippen LogP contribution in [0.3, 0.4) is 0 Å². The lowest BCUT2D eigenvalue weighted by molar-refractivity contribution is 0.627. The molecule has 4 nitrogen and oxygen atoms in total. The average molecular weight is 380 g/mol. The zero-order valence-corrected chi connectivity index (χ0v) is 11.9. The highest BCUT2D eigenvalue weighted by Crippen LogP contribution is 2.17. The van der Waals surface area contributed by atoms with E-state index in [1.165, 1.54) is 18.5 Å².